The van der Waals surface area contributed by atoms with Gasteiger partial charge in [-0.05, 0) is 38.6 Å². The molecule has 0 spiro atoms. The summed E-state index contributed by atoms with van der Waals surface area (Å²) in [6.07, 6.45) is 0.388. The first-order chi connectivity index (χ1) is 13.7. The molecule has 0 saturated heterocycles. The summed E-state index contributed by atoms with van der Waals surface area (Å²) in [6.45, 7) is 11.9. The van der Waals surface area contributed by atoms with Gasteiger partial charge in [0.2, 0.25) is 10.0 Å². The molecule has 0 heterocycles. The second kappa shape index (κ2) is 16.6. The number of carbonyl (C=O) groups excluding carboxylic acids is 1. The van der Waals surface area contributed by atoms with Gasteiger partial charge in [-0.25, -0.2) is 17.9 Å². The number of hydrogen-bond donors (Lipinski definition) is 2. The topological polar surface area (TPSA) is 84.5 Å². The molecule has 1 amide bonds. The zero-order chi connectivity index (χ0) is 22.9. The summed E-state index contributed by atoms with van der Waals surface area (Å²) in [5.74, 6) is 0. The second-order valence-electron chi connectivity index (χ2n) is 5.43. The van der Waals surface area contributed by atoms with Crippen molar-refractivity contribution in [2.24, 2.45) is 0 Å². The van der Waals surface area contributed by atoms with Crippen LogP contribution in [0, 0.1) is 6.92 Å². The summed E-state index contributed by atoms with van der Waals surface area (Å²) in [6, 6.07) is 17.2. The smallest absolute Gasteiger partial charge is 0.412 e. The standard InChI is InChI=1S/C16H17NO2.C2H7NO2S.2C2H6/c1-12-8-10-15(11-9-12)17-16(18)19-13(2)14-6-4-3-5-7-14;1-3-6(2,4)5;2*1-2/h3-11,13H,1-2H3,(H,17,18);3H,1-2H3;2*1-2H3. The van der Waals surface area contributed by atoms with Crippen molar-refractivity contribution < 1.29 is 17.9 Å². The number of aryl methyl sites for hydroxylation is 1. The van der Waals surface area contributed by atoms with Gasteiger partial charge in [0.1, 0.15) is 6.10 Å². The molecule has 7 heteroatoms. The Kier molecular flexibility index (Phi) is 16.5. The number of carbonyl (C=O) groups is 1. The van der Waals surface area contributed by atoms with E-state index in [1.807, 2.05) is 96.1 Å². The average Bonchev–Trinajstić information content (AvgIpc) is 2.73. The van der Waals surface area contributed by atoms with Crippen LogP contribution in [0.25, 0.3) is 0 Å². The van der Waals surface area contributed by atoms with Crippen LogP contribution in [0.15, 0.2) is 54.6 Å². The maximum atomic E-state index is 11.7. The van der Waals surface area contributed by atoms with Gasteiger partial charge in [-0.3, -0.25) is 5.32 Å². The van der Waals surface area contributed by atoms with Crippen molar-refractivity contribution in [3.8, 4) is 0 Å². The van der Waals surface area contributed by atoms with E-state index in [1.165, 1.54) is 7.05 Å². The summed E-state index contributed by atoms with van der Waals surface area (Å²) in [4.78, 5) is 11.7. The molecule has 2 aromatic carbocycles. The van der Waals surface area contributed by atoms with Gasteiger partial charge in [-0.2, -0.15) is 0 Å². The lowest BCUT2D eigenvalue weighted by atomic mass is 10.1. The third kappa shape index (κ3) is 15.2. The zero-order valence-electron chi connectivity index (χ0n) is 18.8. The van der Waals surface area contributed by atoms with Crippen LogP contribution in [0.2, 0.25) is 0 Å². The maximum absolute atomic E-state index is 11.7. The van der Waals surface area contributed by atoms with E-state index < -0.39 is 16.1 Å². The quantitative estimate of drug-likeness (QED) is 0.676. The first kappa shape index (κ1) is 28.8. The Morgan fingerprint density at radius 3 is 1.79 bits per heavy atom. The van der Waals surface area contributed by atoms with E-state index in [1.54, 1.807) is 0 Å². The largest absolute Gasteiger partial charge is 0.441 e. The highest BCUT2D eigenvalue weighted by Crippen LogP contribution is 2.17. The van der Waals surface area contributed by atoms with Crippen LogP contribution < -0.4 is 10.0 Å². The fourth-order valence-electron chi connectivity index (χ4n) is 1.74. The fourth-order valence-corrected chi connectivity index (χ4v) is 1.74. The van der Waals surface area contributed by atoms with Gasteiger partial charge in [-0.1, -0.05) is 75.7 Å². The molecule has 29 heavy (non-hydrogen) atoms. The minimum absolute atomic E-state index is 0.272. The lowest BCUT2D eigenvalue weighted by Gasteiger charge is -2.14. The van der Waals surface area contributed by atoms with E-state index in [9.17, 15) is 13.2 Å². The summed E-state index contributed by atoms with van der Waals surface area (Å²) in [7, 11) is -1.54. The van der Waals surface area contributed by atoms with Gasteiger partial charge in [0.25, 0.3) is 0 Å². The fraction of sp³-hybridized carbons (Fsp3) is 0.409. The monoisotopic (exact) mass is 424 g/mol. The van der Waals surface area contributed by atoms with Gasteiger partial charge >= 0.3 is 6.09 Å². The van der Waals surface area contributed by atoms with E-state index in [0.717, 1.165) is 23.1 Å². The molecule has 0 saturated carbocycles. The molecule has 6 nitrogen and oxygen atoms in total. The second-order valence-corrected chi connectivity index (χ2v) is 7.38. The molecule has 0 radical (unpaired) electrons. The lowest BCUT2D eigenvalue weighted by molar-refractivity contribution is 0.121. The van der Waals surface area contributed by atoms with Crippen LogP contribution in [0.3, 0.4) is 0 Å². The van der Waals surface area contributed by atoms with Crippen LogP contribution in [-0.4, -0.2) is 27.8 Å². The predicted octanol–water partition coefficient (Wildman–Crippen LogP) is 5.52. The molecule has 0 aliphatic rings. The van der Waals surface area contributed by atoms with Crippen molar-refractivity contribution in [2.45, 2.75) is 47.6 Å². The molecule has 164 valence electrons. The minimum atomic E-state index is -2.91. The molecule has 1 unspecified atom stereocenters. The molecule has 0 aliphatic carbocycles. The molecule has 0 bridgehead atoms. The molecular formula is C22H36N2O4S. The van der Waals surface area contributed by atoms with Crippen LogP contribution in [0.1, 0.15) is 51.8 Å². The molecule has 1 atom stereocenters. The summed E-state index contributed by atoms with van der Waals surface area (Å²) < 4.78 is 27.2. The molecule has 2 N–H and O–H groups in total. The van der Waals surface area contributed by atoms with Gasteiger partial charge < -0.3 is 4.74 Å². The molecule has 2 rings (SSSR count). The lowest BCUT2D eigenvalue weighted by Crippen LogP contribution is -2.15. The number of nitrogens with one attached hydrogen (secondary N) is 2. The highest BCUT2D eigenvalue weighted by Gasteiger charge is 2.11. The Morgan fingerprint density at radius 2 is 1.38 bits per heavy atom. The van der Waals surface area contributed by atoms with Crippen molar-refractivity contribution in [3.63, 3.8) is 0 Å². The average molecular weight is 425 g/mol. The molecule has 2 aromatic rings. The number of hydrogen-bond acceptors (Lipinski definition) is 4. The van der Waals surface area contributed by atoms with E-state index in [-0.39, 0.29) is 6.10 Å². The Morgan fingerprint density at radius 1 is 0.931 bits per heavy atom. The highest BCUT2D eigenvalue weighted by molar-refractivity contribution is 7.88. The number of amides is 1. The van der Waals surface area contributed by atoms with Gasteiger partial charge in [0.05, 0.1) is 6.26 Å². The number of rotatable bonds is 4. The summed E-state index contributed by atoms with van der Waals surface area (Å²) in [5.41, 5.74) is 2.86. The van der Waals surface area contributed by atoms with E-state index >= 15 is 0 Å². The first-order valence-corrected chi connectivity index (χ1v) is 11.6. The van der Waals surface area contributed by atoms with E-state index in [4.69, 9.17) is 4.74 Å². The molecule has 0 aliphatic heterocycles. The number of sulfonamides is 1. The molecule has 0 aromatic heterocycles. The Balaban J connectivity index is 0. The molecular weight excluding hydrogens is 388 g/mol. The Labute approximate surface area is 176 Å². The normalized spacial score (nSPS) is 10.5. The van der Waals surface area contributed by atoms with Gasteiger partial charge in [-0.15, -0.1) is 0 Å². The third-order valence-electron chi connectivity index (χ3n) is 3.22. The first-order valence-electron chi connectivity index (χ1n) is 9.69. The highest BCUT2D eigenvalue weighted by atomic mass is 32.2. The van der Waals surface area contributed by atoms with E-state index in [2.05, 4.69) is 10.0 Å². The van der Waals surface area contributed by atoms with Crippen LogP contribution in [0.5, 0.6) is 0 Å². The Bertz CT molecular complexity index is 761. The predicted molar refractivity (Wildman–Crippen MR) is 123 cm³/mol. The zero-order valence-corrected chi connectivity index (χ0v) is 19.6. The summed E-state index contributed by atoms with van der Waals surface area (Å²) >= 11 is 0. The molecule has 0 fully saturated rings. The number of anilines is 1. The van der Waals surface area contributed by atoms with Crippen LogP contribution >= 0.6 is 0 Å². The van der Waals surface area contributed by atoms with Crippen molar-refractivity contribution >= 4 is 21.8 Å². The van der Waals surface area contributed by atoms with Crippen molar-refractivity contribution in [3.05, 3.63) is 65.7 Å². The third-order valence-corrected chi connectivity index (χ3v) is 3.96. The van der Waals surface area contributed by atoms with Gasteiger partial charge in [0, 0.05) is 5.69 Å². The van der Waals surface area contributed by atoms with Crippen molar-refractivity contribution in [1.82, 2.24) is 4.72 Å². The van der Waals surface area contributed by atoms with E-state index in [0.29, 0.717) is 0 Å². The van der Waals surface area contributed by atoms with Gasteiger partial charge in [0.15, 0.2) is 0 Å². The number of benzene rings is 2. The SMILES string of the molecule is CC.CC.CNS(C)(=O)=O.Cc1ccc(NC(=O)OC(C)c2ccccc2)cc1. The van der Waals surface area contributed by atoms with Crippen LogP contribution in [0.4, 0.5) is 10.5 Å². The maximum Gasteiger partial charge on any atom is 0.412 e. The minimum Gasteiger partial charge on any atom is -0.441 e. The van der Waals surface area contributed by atoms with Crippen molar-refractivity contribution in [1.29, 1.82) is 0 Å². The van der Waals surface area contributed by atoms with Crippen LogP contribution in [-0.2, 0) is 14.8 Å². The summed E-state index contributed by atoms with van der Waals surface area (Å²) in [5, 5.41) is 2.71. The number of ether oxygens (including phenoxy) is 1. The Hall–Kier alpha value is -2.38. The van der Waals surface area contributed by atoms with Crippen molar-refractivity contribution in [2.75, 3.05) is 18.6 Å².